The Kier molecular flexibility index (Phi) is 7.20. The van der Waals surface area contributed by atoms with Crippen molar-refractivity contribution in [3.05, 3.63) is 101 Å². The largest absolute Gasteiger partial charge is 0.508 e. The molecule has 0 heterocycles. The molecule has 0 fully saturated rings. The Balaban J connectivity index is 1.56. The molecule has 0 bridgehead atoms. The molecule has 0 saturated heterocycles. The fourth-order valence-electron chi connectivity index (χ4n) is 3.59. The molecule has 0 spiro atoms. The SMILES string of the molecule is COc1cc(/C=C(\C#N)C(=O)Nc2ccc(O)cc2)cc(Cl)c1OCc1cccc2ccccc12. The molecule has 2 N–H and O–H groups in total. The molecule has 6 nitrogen and oxygen atoms in total. The van der Waals surface area contributed by atoms with Crippen LogP contribution in [-0.4, -0.2) is 18.1 Å². The number of halogens is 1. The van der Waals surface area contributed by atoms with E-state index in [4.69, 9.17) is 21.1 Å². The lowest BCUT2D eigenvalue weighted by Gasteiger charge is -2.14. The third-order valence-electron chi connectivity index (χ3n) is 5.30. The van der Waals surface area contributed by atoms with Crippen LogP contribution < -0.4 is 14.8 Å². The first kappa shape index (κ1) is 23.7. The molecule has 4 rings (SSSR count). The van der Waals surface area contributed by atoms with E-state index < -0.39 is 5.91 Å². The molecule has 0 aliphatic rings. The van der Waals surface area contributed by atoms with E-state index in [0.29, 0.717) is 22.7 Å². The van der Waals surface area contributed by atoms with E-state index in [-0.39, 0.29) is 23.0 Å². The molecule has 7 heteroatoms. The molecule has 35 heavy (non-hydrogen) atoms. The predicted octanol–water partition coefficient (Wildman–Crippen LogP) is 6.33. The van der Waals surface area contributed by atoms with Crippen molar-refractivity contribution < 1.29 is 19.4 Å². The van der Waals surface area contributed by atoms with E-state index in [1.807, 2.05) is 48.5 Å². The first-order chi connectivity index (χ1) is 17.0. The van der Waals surface area contributed by atoms with Crippen LogP contribution in [0.4, 0.5) is 5.69 Å². The highest BCUT2D eigenvalue weighted by molar-refractivity contribution is 6.32. The molecule has 0 aliphatic heterocycles. The molecule has 0 saturated carbocycles. The topological polar surface area (TPSA) is 91.6 Å². The summed E-state index contributed by atoms with van der Waals surface area (Å²) >= 11 is 6.51. The molecule has 0 atom stereocenters. The van der Waals surface area contributed by atoms with Gasteiger partial charge in [0.25, 0.3) is 5.91 Å². The number of fused-ring (bicyclic) bond motifs is 1. The zero-order valence-corrected chi connectivity index (χ0v) is 19.5. The minimum absolute atomic E-state index is 0.0727. The number of hydrogen-bond donors (Lipinski definition) is 2. The van der Waals surface area contributed by atoms with Gasteiger partial charge in [-0.25, -0.2) is 0 Å². The molecule has 0 radical (unpaired) electrons. The molecule has 4 aromatic carbocycles. The summed E-state index contributed by atoms with van der Waals surface area (Å²) in [5, 5.41) is 24.0. The number of nitrogens with zero attached hydrogens (tertiary/aromatic N) is 1. The Morgan fingerprint density at radius 1 is 1.09 bits per heavy atom. The van der Waals surface area contributed by atoms with Gasteiger partial charge in [-0.1, -0.05) is 54.1 Å². The van der Waals surface area contributed by atoms with E-state index in [1.54, 1.807) is 12.1 Å². The van der Waals surface area contributed by atoms with Crippen LogP contribution in [0.15, 0.2) is 84.4 Å². The second-order valence-electron chi connectivity index (χ2n) is 7.63. The minimum Gasteiger partial charge on any atom is -0.508 e. The normalized spacial score (nSPS) is 11.1. The van der Waals surface area contributed by atoms with Gasteiger partial charge >= 0.3 is 0 Å². The Morgan fingerprint density at radius 3 is 2.57 bits per heavy atom. The van der Waals surface area contributed by atoms with Crippen molar-refractivity contribution in [2.45, 2.75) is 6.61 Å². The highest BCUT2D eigenvalue weighted by atomic mass is 35.5. The summed E-state index contributed by atoms with van der Waals surface area (Å²) in [7, 11) is 1.49. The van der Waals surface area contributed by atoms with Gasteiger partial charge in [0.05, 0.1) is 12.1 Å². The van der Waals surface area contributed by atoms with Crippen LogP contribution in [0.5, 0.6) is 17.2 Å². The number of amides is 1. The maximum absolute atomic E-state index is 12.6. The molecule has 0 aromatic heterocycles. The minimum atomic E-state index is -0.593. The standard InChI is InChI=1S/C28H21ClN2O4/c1-34-26-15-18(13-21(16-30)28(33)31-22-9-11-23(32)12-10-22)14-25(29)27(26)35-17-20-7-4-6-19-5-2-3-8-24(19)20/h2-15,32H,17H2,1H3,(H,31,33)/b21-13+. The van der Waals surface area contributed by atoms with Crippen molar-refractivity contribution in [1.82, 2.24) is 0 Å². The Bertz CT molecular complexity index is 1450. The third kappa shape index (κ3) is 5.55. The Labute approximate surface area is 207 Å². The summed E-state index contributed by atoms with van der Waals surface area (Å²) in [5.74, 6) is 0.222. The van der Waals surface area contributed by atoms with Crippen molar-refractivity contribution in [3.63, 3.8) is 0 Å². The van der Waals surface area contributed by atoms with Gasteiger partial charge in [-0.05, 0) is 64.4 Å². The van der Waals surface area contributed by atoms with Crippen LogP contribution in [-0.2, 0) is 11.4 Å². The van der Waals surface area contributed by atoms with E-state index in [1.165, 1.54) is 37.5 Å². The van der Waals surface area contributed by atoms with E-state index >= 15 is 0 Å². The van der Waals surface area contributed by atoms with Gasteiger partial charge < -0.3 is 19.9 Å². The first-order valence-electron chi connectivity index (χ1n) is 10.7. The van der Waals surface area contributed by atoms with Crippen molar-refractivity contribution in [3.8, 4) is 23.3 Å². The summed E-state index contributed by atoms with van der Waals surface area (Å²) in [4.78, 5) is 12.6. The number of aromatic hydroxyl groups is 1. The molecule has 0 aliphatic carbocycles. The lowest BCUT2D eigenvalue weighted by Crippen LogP contribution is -2.13. The van der Waals surface area contributed by atoms with Crippen molar-refractivity contribution in [1.29, 1.82) is 5.26 Å². The number of phenols is 1. The number of nitrogens with one attached hydrogen (secondary N) is 1. The van der Waals surface area contributed by atoms with Crippen LogP contribution in [0, 0.1) is 11.3 Å². The summed E-state index contributed by atoms with van der Waals surface area (Å²) in [6.45, 7) is 0.283. The van der Waals surface area contributed by atoms with Gasteiger partial charge in [0.2, 0.25) is 0 Å². The average molecular weight is 485 g/mol. The van der Waals surface area contributed by atoms with Gasteiger partial charge in [0.15, 0.2) is 11.5 Å². The van der Waals surface area contributed by atoms with Crippen LogP contribution in [0.1, 0.15) is 11.1 Å². The number of rotatable bonds is 7. The summed E-state index contributed by atoms with van der Waals surface area (Å²) < 4.78 is 11.5. The lowest BCUT2D eigenvalue weighted by molar-refractivity contribution is -0.112. The Morgan fingerprint density at radius 2 is 1.83 bits per heavy atom. The van der Waals surface area contributed by atoms with E-state index in [2.05, 4.69) is 5.32 Å². The molecule has 4 aromatic rings. The molecule has 174 valence electrons. The maximum atomic E-state index is 12.6. The molecule has 1 amide bonds. The number of ether oxygens (including phenoxy) is 2. The number of methoxy groups -OCH3 is 1. The van der Waals surface area contributed by atoms with Crippen LogP contribution in [0.2, 0.25) is 5.02 Å². The smallest absolute Gasteiger partial charge is 0.266 e. The van der Waals surface area contributed by atoms with Gasteiger partial charge in [-0.15, -0.1) is 0 Å². The second-order valence-corrected chi connectivity index (χ2v) is 8.04. The molecular weight excluding hydrogens is 464 g/mol. The number of carbonyl (C=O) groups excluding carboxylic acids is 1. The number of hydrogen-bond acceptors (Lipinski definition) is 5. The monoisotopic (exact) mass is 484 g/mol. The zero-order chi connectivity index (χ0) is 24.8. The number of anilines is 1. The number of benzene rings is 4. The van der Waals surface area contributed by atoms with Crippen molar-refractivity contribution in [2.75, 3.05) is 12.4 Å². The predicted molar refractivity (Wildman–Crippen MR) is 137 cm³/mol. The van der Waals surface area contributed by atoms with Crippen LogP contribution in [0.3, 0.4) is 0 Å². The second kappa shape index (κ2) is 10.6. The van der Waals surface area contributed by atoms with Gasteiger partial charge in [0.1, 0.15) is 24.0 Å². The van der Waals surface area contributed by atoms with Gasteiger partial charge in [-0.2, -0.15) is 5.26 Å². The lowest BCUT2D eigenvalue weighted by atomic mass is 10.1. The highest BCUT2D eigenvalue weighted by Gasteiger charge is 2.15. The number of carbonyl (C=O) groups is 1. The fourth-order valence-corrected chi connectivity index (χ4v) is 3.86. The summed E-state index contributed by atoms with van der Waals surface area (Å²) in [6, 6.07) is 25.1. The van der Waals surface area contributed by atoms with Gasteiger partial charge in [0, 0.05) is 5.69 Å². The highest BCUT2D eigenvalue weighted by Crippen LogP contribution is 2.38. The van der Waals surface area contributed by atoms with Crippen LogP contribution in [0.25, 0.3) is 16.8 Å². The molecule has 0 unspecified atom stereocenters. The summed E-state index contributed by atoms with van der Waals surface area (Å²) in [5.41, 5.74) is 1.83. The fraction of sp³-hybridized carbons (Fsp3) is 0.0714. The molecular formula is C28H21ClN2O4. The Hall–Kier alpha value is -4.47. The van der Waals surface area contributed by atoms with Crippen molar-refractivity contribution >= 4 is 40.0 Å². The quantitative estimate of drug-likeness (QED) is 0.181. The van der Waals surface area contributed by atoms with E-state index in [9.17, 15) is 15.2 Å². The maximum Gasteiger partial charge on any atom is 0.266 e. The summed E-state index contributed by atoms with van der Waals surface area (Å²) in [6.07, 6.45) is 1.42. The average Bonchev–Trinajstić information content (AvgIpc) is 2.87. The van der Waals surface area contributed by atoms with Crippen molar-refractivity contribution in [2.24, 2.45) is 0 Å². The van der Waals surface area contributed by atoms with Crippen LogP contribution >= 0.6 is 11.6 Å². The number of nitriles is 1. The number of phenolic OH excluding ortho intramolecular Hbond substituents is 1. The first-order valence-corrected chi connectivity index (χ1v) is 11.1. The third-order valence-corrected chi connectivity index (χ3v) is 5.59. The zero-order valence-electron chi connectivity index (χ0n) is 18.8. The van der Waals surface area contributed by atoms with Gasteiger partial charge in [-0.3, -0.25) is 4.79 Å². The van der Waals surface area contributed by atoms with E-state index in [0.717, 1.165) is 16.3 Å².